The SMILES string of the molecule is O=[N+]([O-])c1cc(F)cc(NCCF)c1. The van der Waals surface area contributed by atoms with E-state index in [0.717, 1.165) is 18.2 Å². The van der Waals surface area contributed by atoms with Crippen LogP contribution in [0.2, 0.25) is 0 Å². The molecule has 6 heteroatoms. The van der Waals surface area contributed by atoms with Gasteiger partial charge in [0.2, 0.25) is 0 Å². The Bertz CT molecular complexity index is 344. The van der Waals surface area contributed by atoms with Crippen LogP contribution in [0.25, 0.3) is 0 Å². The second-order valence-corrected chi connectivity index (χ2v) is 2.57. The Balaban J connectivity index is 2.89. The normalized spacial score (nSPS) is 9.86. The summed E-state index contributed by atoms with van der Waals surface area (Å²) in [6.07, 6.45) is 0. The lowest BCUT2D eigenvalue weighted by Crippen LogP contribution is -2.03. The van der Waals surface area contributed by atoms with Gasteiger partial charge < -0.3 is 5.32 Å². The van der Waals surface area contributed by atoms with Crippen LogP contribution in [-0.2, 0) is 0 Å². The molecule has 0 unspecified atom stereocenters. The first kappa shape index (κ1) is 10.4. The number of non-ortho nitro benzene ring substituents is 1. The Morgan fingerprint density at radius 1 is 1.43 bits per heavy atom. The van der Waals surface area contributed by atoms with Gasteiger partial charge in [-0.1, -0.05) is 0 Å². The second kappa shape index (κ2) is 4.50. The second-order valence-electron chi connectivity index (χ2n) is 2.57. The molecule has 0 aliphatic carbocycles. The van der Waals surface area contributed by atoms with Crippen molar-refractivity contribution in [1.29, 1.82) is 0 Å². The summed E-state index contributed by atoms with van der Waals surface area (Å²) >= 11 is 0. The zero-order valence-electron chi connectivity index (χ0n) is 7.17. The Morgan fingerprint density at radius 3 is 2.71 bits per heavy atom. The molecular formula is C8H8F2N2O2. The van der Waals surface area contributed by atoms with Gasteiger partial charge in [-0.25, -0.2) is 8.78 Å². The molecule has 0 aliphatic heterocycles. The average Bonchev–Trinajstić information content (AvgIpc) is 2.14. The van der Waals surface area contributed by atoms with E-state index in [0.29, 0.717) is 0 Å². The number of hydrogen-bond donors (Lipinski definition) is 1. The van der Waals surface area contributed by atoms with Crippen LogP contribution in [0.4, 0.5) is 20.2 Å². The zero-order chi connectivity index (χ0) is 10.6. The van der Waals surface area contributed by atoms with Crippen LogP contribution in [0.5, 0.6) is 0 Å². The molecule has 0 bridgehead atoms. The van der Waals surface area contributed by atoms with Gasteiger partial charge in [0, 0.05) is 18.3 Å². The largest absolute Gasteiger partial charge is 0.382 e. The van der Waals surface area contributed by atoms with Crippen molar-refractivity contribution < 1.29 is 13.7 Å². The summed E-state index contributed by atoms with van der Waals surface area (Å²) < 4.78 is 24.5. The smallest absolute Gasteiger partial charge is 0.274 e. The molecular weight excluding hydrogens is 194 g/mol. The summed E-state index contributed by atoms with van der Waals surface area (Å²) in [6.45, 7) is -0.620. The van der Waals surface area contributed by atoms with Crippen LogP contribution in [0.1, 0.15) is 0 Å². The minimum Gasteiger partial charge on any atom is -0.382 e. The van der Waals surface area contributed by atoms with Crippen LogP contribution in [-0.4, -0.2) is 18.1 Å². The number of nitro groups is 1. The van der Waals surface area contributed by atoms with Crippen molar-refractivity contribution in [2.45, 2.75) is 0 Å². The molecule has 0 aromatic heterocycles. The number of hydrogen-bond acceptors (Lipinski definition) is 3. The average molecular weight is 202 g/mol. The Hall–Kier alpha value is -1.72. The predicted molar refractivity (Wildman–Crippen MR) is 47.5 cm³/mol. The molecule has 76 valence electrons. The van der Waals surface area contributed by atoms with E-state index in [4.69, 9.17) is 0 Å². The highest BCUT2D eigenvalue weighted by molar-refractivity contribution is 5.51. The first-order chi connectivity index (χ1) is 6.63. The number of nitrogens with zero attached hydrogens (tertiary/aromatic N) is 1. The van der Waals surface area contributed by atoms with E-state index in [-0.39, 0.29) is 17.9 Å². The Labute approximate surface area is 78.7 Å². The highest BCUT2D eigenvalue weighted by Gasteiger charge is 2.09. The number of halogens is 2. The van der Waals surface area contributed by atoms with Crippen molar-refractivity contribution in [2.75, 3.05) is 18.5 Å². The van der Waals surface area contributed by atoms with E-state index in [1.807, 2.05) is 0 Å². The minimum absolute atomic E-state index is 0.000603. The van der Waals surface area contributed by atoms with Crippen molar-refractivity contribution in [3.8, 4) is 0 Å². The van der Waals surface area contributed by atoms with Crippen LogP contribution < -0.4 is 5.32 Å². The van der Waals surface area contributed by atoms with Gasteiger partial charge in [-0.05, 0) is 6.07 Å². The van der Waals surface area contributed by atoms with Crippen molar-refractivity contribution in [1.82, 2.24) is 0 Å². The van der Waals surface area contributed by atoms with Gasteiger partial charge in [0.05, 0.1) is 11.0 Å². The van der Waals surface area contributed by atoms with Crippen LogP contribution >= 0.6 is 0 Å². The molecule has 0 saturated heterocycles. The quantitative estimate of drug-likeness (QED) is 0.601. The van der Waals surface area contributed by atoms with Crippen LogP contribution in [0.15, 0.2) is 18.2 Å². The number of rotatable bonds is 4. The fourth-order valence-electron chi connectivity index (χ4n) is 0.973. The van der Waals surface area contributed by atoms with E-state index < -0.39 is 17.4 Å². The summed E-state index contributed by atoms with van der Waals surface area (Å²) in [5, 5.41) is 12.8. The van der Waals surface area contributed by atoms with Crippen molar-refractivity contribution in [3.63, 3.8) is 0 Å². The topological polar surface area (TPSA) is 55.2 Å². The van der Waals surface area contributed by atoms with E-state index in [9.17, 15) is 18.9 Å². The molecule has 14 heavy (non-hydrogen) atoms. The van der Waals surface area contributed by atoms with E-state index in [1.54, 1.807) is 0 Å². The fraction of sp³-hybridized carbons (Fsp3) is 0.250. The molecule has 0 atom stereocenters. The van der Waals surface area contributed by atoms with Crippen LogP contribution in [0.3, 0.4) is 0 Å². The van der Waals surface area contributed by atoms with Gasteiger partial charge in [0.15, 0.2) is 0 Å². The standard InChI is InChI=1S/C8H8F2N2O2/c9-1-2-11-7-3-6(10)4-8(5-7)12(13)14/h3-5,11H,1-2H2. The molecule has 0 fully saturated rings. The lowest BCUT2D eigenvalue weighted by atomic mass is 10.2. The zero-order valence-corrected chi connectivity index (χ0v) is 7.17. The Morgan fingerprint density at radius 2 is 2.14 bits per heavy atom. The number of alkyl halides is 1. The highest BCUT2D eigenvalue weighted by Crippen LogP contribution is 2.19. The number of nitrogens with one attached hydrogen (secondary N) is 1. The minimum atomic E-state index is -0.722. The molecule has 0 spiro atoms. The van der Waals surface area contributed by atoms with E-state index >= 15 is 0 Å². The van der Waals surface area contributed by atoms with Crippen molar-refractivity contribution >= 4 is 11.4 Å². The summed E-state index contributed by atoms with van der Waals surface area (Å²) in [4.78, 5) is 9.61. The summed E-state index contributed by atoms with van der Waals surface area (Å²) in [6, 6.07) is 3.03. The molecule has 1 aromatic carbocycles. The summed E-state index contributed by atoms with van der Waals surface area (Å²) in [7, 11) is 0. The van der Waals surface area contributed by atoms with Gasteiger partial charge in [0.1, 0.15) is 12.5 Å². The van der Waals surface area contributed by atoms with E-state index in [1.165, 1.54) is 0 Å². The molecule has 1 N–H and O–H groups in total. The molecule has 0 amide bonds. The number of nitro benzene ring substituents is 1. The van der Waals surface area contributed by atoms with Gasteiger partial charge >= 0.3 is 0 Å². The van der Waals surface area contributed by atoms with Gasteiger partial charge in [0.25, 0.3) is 5.69 Å². The van der Waals surface area contributed by atoms with Gasteiger partial charge in [-0.15, -0.1) is 0 Å². The number of anilines is 1. The maximum Gasteiger partial charge on any atom is 0.274 e. The Kier molecular flexibility index (Phi) is 3.33. The number of benzene rings is 1. The lowest BCUT2D eigenvalue weighted by molar-refractivity contribution is -0.385. The molecule has 0 saturated carbocycles. The monoisotopic (exact) mass is 202 g/mol. The third-order valence-electron chi connectivity index (χ3n) is 1.52. The van der Waals surface area contributed by atoms with Crippen molar-refractivity contribution in [2.24, 2.45) is 0 Å². The lowest BCUT2D eigenvalue weighted by Gasteiger charge is -2.03. The summed E-state index contributed by atoms with van der Waals surface area (Å²) in [5.74, 6) is -0.722. The molecule has 1 rings (SSSR count). The van der Waals surface area contributed by atoms with Gasteiger partial charge in [-0.2, -0.15) is 0 Å². The molecule has 0 heterocycles. The van der Waals surface area contributed by atoms with Gasteiger partial charge in [-0.3, -0.25) is 10.1 Å². The summed E-state index contributed by atoms with van der Waals surface area (Å²) in [5.41, 5.74) is -0.152. The van der Waals surface area contributed by atoms with Crippen LogP contribution in [0, 0.1) is 15.9 Å². The first-order valence-corrected chi connectivity index (χ1v) is 3.88. The molecule has 0 radical (unpaired) electrons. The first-order valence-electron chi connectivity index (χ1n) is 3.88. The maximum atomic E-state index is 12.8. The third-order valence-corrected chi connectivity index (χ3v) is 1.52. The predicted octanol–water partition coefficient (Wildman–Crippen LogP) is 2.12. The van der Waals surface area contributed by atoms with E-state index in [2.05, 4.69) is 5.32 Å². The molecule has 1 aromatic rings. The van der Waals surface area contributed by atoms with Crippen molar-refractivity contribution in [3.05, 3.63) is 34.1 Å². The third kappa shape index (κ3) is 2.65. The maximum absolute atomic E-state index is 12.8. The fourth-order valence-corrected chi connectivity index (χ4v) is 0.973. The molecule has 4 nitrogen and oxygen atoms in total. The highest BCUT2D eigenvalue weighted by atomic mass is 19.1. The molecule has 0 aliphatic rings.